The summed E-state index contributed by atoms with van der Waals surface area (Å²) in [6, 6.07) is 5.07. The van der Waals surface area contributed by atoms with Crippen molar-refractivity contribution in [3.05, 3.63) is 34.4 Å². The molecule has 0 N–H and O–H groups in total. The van der Waals surface area contributed by atoms with Crippen LogP contribution in [0.15, 0.2) is 12.1 Å². The summed E-state index contributed by atoms with van der Waals surface area (Å²) < 4.78 is 0. The average Bonchev–Trinajstić information content (AvgIpc) is 3.18. The predicted octanol–water partition coefficient (Wildman–Crippen LogP) is 4.75. The molecular weight excluding hydrogens is 224 g/mol. The van der Waals surface area contributed by atoms with Crippen molar-refractivity contribution in [1.29, 1.82) is 0 Å². The summed E-state index contributed by atoms with van der Waals surface area (Å²) in [6.07, 6.45) is 8.51. The summed E-state index contributed by atoms with van der Waals surface area (Å²) in [7, 11) is 0. The SMILES string of the molecule is SCc1c(C2CC2)cc(C2CC2)cc1C1CC1. The molecule has 0 bridgehead atoms. The fourth-order valence-electron chi connectivity index (χ4n) is 3.09. The van der Waals surface area contributed by atoms with E-state index in [1.165, 1.54) is 38.5 Å². The van der Waals surface area contributed by atoms with E-state index in [2.05, 4.69) is 24.8 Å². The number of rotatable bonds is 4. The molecule has 0 aromatic heterocycles. The van der Waals surface area contributed by atoms with E-state index in [-0.39, 0.29) is 0 Å². The van der Waals surface area contributed by atoms with Crippen molar-refractivity contribution in [2.24, 2.45) is 0 Å². The van der Waals surface area contributed by atoms with Gasteiger partial charge in [0.15, 0.2) is 0 Å². The maximum atomic E-state index is 4.60. The molecule has 0 heterocycles. The van der Waals surface area contributed by atoms with Crippen molar-refractivity contribution in [2.45, 2.75) is 62.0 Å². The lowest BCUT2D eigenvalue weighted by atomic mass is 9.92. The Kier molecular flexibility index (Phi) is 2.33. The fraction of sp³-hybridized carbons (Fsp3) is 0.625. The minimum absolute atomic E-state index is 0.883. The molecule has 1 aromatic rings. The zero-order chi connectivity index (χ0) is 11.4. The highest BCUT2D eigenvalue weighted by Crippen LogP contribution is 2.51. The Morgan fingerprint density at radius 3 is 1.65 bits per heavy atom. The van der Waals surface area contributed by atoms with E-state index in [1.807, 2.05) is 0 Å². The van der Waals surface area contributed by atoms with Gasteiger partial charge < -0.3 is 0 Å². The summed E-state index contributed by atoms with van der Waals surface area (Å²) in [5.74, 6) is 3.61. The Bertz CT molecular complexity index is 418. The van der Waals surface area contributed by atoms with Gasteiger partial charge >= 0.3 is 0 Å². The van der Waals surface area contributed by atoms with Crippen LogP contribution in [0.25, 0.3) is 0 Å². The van der Waals surface area contributed by atoms with Crippen LogP contribution in [-0.4, -0.2) is 0 Å². The molecular formula is C16H20S. The highest BCUT2D eigenvalue weighted by molar-refractivity contribution is 7.79. The molecule has 1 heteroatoms. The third-order valence-electron chi connectivity index (χ3n) is 4.58. The zero-order valence-corrected chi connectivity index (χ0v) is 11.2. The number of thiol groups is 1. The molecule has 0 radical (unpaired) electrons. The Morgan fingerprint density at radius 1 is 0.824 bits per heavy atom. The minimum Gasteiger partial charge on any atom is -0.175 e. The first kappa shape index (κ1) is 10.5. The van der Waals surface area contributed by atoms with Crippen LogP contribution in [0.3, 0.4) is 0 Å². The van der Waals surface area contributed by atoms with Crippen LogP contribution in [-0.2, 0) is 5.75 Å². The largest absolute Gasteiger partial charge is 0.175 e. The predicted molar refractivity (Wildman–Crippen MR) is 75.1 cm³/mol. The van der Waals surface area contributed by atoms with Crippen LogP contribution in [0.5, 0.6) is 0 Å². The topological polar surface area (TPSA) is 0 Å². The van der Waals surface area contributed by atoms with Crippen LogP contribution in [0.4, 0.5) is 0 Å². The summed E-state index contributed by atoms with van der Waals surface area (Å²) >= 11 is 4.60. The summed E-state index contributed by atoms with van der Waals surface area (Å²) in [5, 5.41) is 0. The Hall–Kier alpha value is -0.430. The maximum absolute atomic E-state index is 4.60. The highest BCUT2D eigenvalue weighted by atomic mass is 32.1. The zero-order valence-electron chi connectivity index (χ0n) is 10.3. The third kappa shape index (κ3) is 1.93. The molecule has 0 atom stereocenters. The molecule has 0 spiro atoms. The highest BCUT2D eigenvalue weighted by Gasteiger charge is 2.34. The van der Waals surface area contributed by atoms with Crippen LogP contribution >= 0.6 is 12.6 Å². The van der Waals surface area contributed by atoms with Crippen molar-refractivity contribution in [1.82, 2.24) is 0 Å². The van der Waals surface area contributed by atoms with Gasteiger partial charge in [0, 0.05) is 5.75 Å². The lowest BCUT2D eigenvalue weighted by molar-refractivity contribution is 0.991. The first-order valence-electron chi connectivity index (χ1n) is 7.14. The molecule has 3 fully saturated rings. The number of benzene rings is 1. The number of hydrogen-bond donors (Lipinski definition) is 1. The molecule has 17 heavy (non-hydrogen) atoms. The van der Waals surface area contributed by atoms with Gasteiger partial charge in [-0.2, -0.15) is 12.6 Å². The van der Waals surface area contributed by atoms with Crippen LogP contribution in [0.2, 0.25) is 0 Å². The average molecular weight is 244 g/mol. The molecule has 90 valence electrons. The van der Waals surface area contributed by atoms with Crippen LogP contribution < -0.4 is 0 Å². The fourth-order valence-corrected chi connectivity index (χ4v) is 3.46. The first-order chi connectivity index (χ1) is 8.36. The standard InChI is InChI=1S/C16H20S/c17-9-16-14(11-3-4-11)7-13(10-1-2-10)8-15(16)12-5-6-12/h7-8,10-12,17H,1-6,9H2. The maximum Gasteiger partial charge on any atom is 0.0159 e. The molecule has 0 nitrogen and oxygen atoms in total. The Labute approximate surface area is 109 Å². The normalized spacial score (nSPS) is 24.1. The second-order valence-corrected chi connectivity index (χ2v) is 6.48. The van der Waals surface area contributed by atoms with E-state index in [1.54, 1.807) is 22.3 Å². The van der Waals surface area contributed by atoms with Crippen molar-refractivity contribution >= 4 is 12.6 Å². The third-order valence-corrected chi connectivity index (χ3v) is 4.90. The van der Waals surface area contributed by atoms with Crippen molar-refractivity contribution < 1.29 is 0 Å². The second-order valence-electron chi connectivity index (χ2n) is 6.16. The smallest absolute Gasteiger partial charge is 0.0159 e. The van der Waals surface area contributed by atoms with Gasteiger partial charge in [-0.05, 0) is 78.5 Å². The van der Waals surface area contributed by atoms with E-state index in [9.17, 15) is 0 Å². The van der Waals surface area contributed by atoms with E-state index < -0.39 is 0 Å². The van der Waals surface area contributed by atoms with E-state index >= 15 is 0 Å². The van der Waals surface area contributed by atoms with E-state index in [4.69, 9.17) is 0 Å². The summed E-state index contributed by atoms with van der Waals surface area (Å²) in [5.41, 5.74) is 6.60. The second kappa shape index (κ2) is 3.78. The first-order valence-corrected chi connectivity index (χ1v) is 7.77. The quantitative estimate of drug-likeness (QED) is 0.726. The van der Waals surface area contributed by atoms with Crippen molar-refractivity contribution in [3.63, 3.8) is 0 Å². The van der Waals surface area contributed by atoms with E-state index in [0.29, 0.717) is 0 Å². The Morgan fingerprint density at radius 2 is 1.29 bits per heavy atom. The van der Waals surface area contributed by atoms with Gasteiger partial charge in [-0.1, -0.05) is 12.1 Å². The molecule has 3 aliphatic carbocycles. The monoisotopic (exact) mass is 244 g/mol. The molecule has 3 aliphatic rings. The van der Waals surface area contributed by atoms with Gasteiger partial charge in [0.05, 0.1) is 0 Å². The van der Waals surface area contributed by atoms with E-state index in [0.717, 1.165) is 23.5 Å². The molecule has 3 saturated carbocycles. The van der Waals surface area contributed by atoms with Gasteiger partial charge in [0.25, 0.3) is 0 Å². The van der Waals surface area contributed by atoms with Crippen molar-refractivity contribution in [2.75, 3.05) is 0 Å². The molecule has 0 unspecified atom stereocenters. The summed E-state index contributed by atoms with van der Waals surface area (Å²) in [6.45, 7) is 0. The minimum atomic E-state index is 0.883. The lowest BCUT2D eigenvalue weighted by Crippen LogP contribution is -1.99. The van der Waals surface area contributed by atoms with Crippen LogP contribution in [0.1, 0.15) is 78.5 Å². The van der Waals surface area contributed by atoms with Gasteiger partial charge in [0.2, 0.25) is 0 Å². The molecule has 0 amide bonds. The van der Waals surface area contributed by atoms with Gasteiger partial charge in [-0.15, -0.1) is 0 Å². The van der Waals surface area contributed by atoms with Crippen LogP contribution in [0, 0.1) is 0 Å². The molecule has 0 saturated heterocycles. The molecule has 1 aromatic carbocycles. The summed E-state index contributed by atoms with van der Waals surface area (Å²) in [4.78, 5) is 0. The van der Waals surface area contributed by atoms with Gasteiger partial charge in [-0.3, -0.25) is 0 Å². The van der Waals surface area contributed by atoms with Gasteiger partial charge in [0.1, 0.15) is 0 Å². The lowest BCUT2D eigenvalue weighted by Gasteiger charge is -2.15. The Balaban J connectivity index is 1.83. The molecule has 4 rings (SSSR count). The van der Waals surface area contributed by atoms with Crippen molar-refractivity contribution in [3.8, 4) is 0 Å². The van der Waals surface area contributed by atoms with Gasteiger partial charge in [-0.25, -0.2) is 0 Å². The molecule has 0 aliphatic heterocycles. The number of hydrogen-bond acceptors (Lipinski definition) is 1.